The zero-order valence-electron chi connectivity index (χ0n) is 17.9. The third-order valence-electron chi connectivity index (χ3n) is 6.92. The lowest BCUT2D eigenvalue weighted by molar-refractivity contribution is -0.172. The molecule has 0 amide bonds. The van der Waals surface area contributed by atoms with Gasteiger partial charge in [-0.15, -0.1) is 0 Å². The maximum Gasteiger partial charge on any atom is 0.119 e. The zero-order valence-corrected chi connectivity index (χ0v) is 17.9. The Balaban J connectivity index is 1.26. The molecule has 3 heteroatoms. The van der Waals surface area contributed by atoms with Crippen LogP contribution in [0.15, 0.2) is 60.7 Å². The number of rotatable bonds is 7. The Morgan fingerprint density at radius 1 is 0.897 bits per heavy atom. The molecule has 0 spiro atoms. The van der Waals surface area contributed by atoms with Gasteiger partial charge in [0.05, 0.1) is 6.61 Å². The van der Waals surface area contributed by atoms with Crippen molar-refractivity contribution in [3.05, 3.63) is 66.2 Å². The molecular weight excluding hydrogens is 356 g/mol. The lowest BCUT2D eigenvalue weighted by atomic mass is 9.91. The van der Waals surface area contributed by atoms with Crippen LogP contribution < -0.4 is 4.90 Å². The van der Waals surface area contributed by atoms with Crippen LogP contribution in [0.5, 0.6) is 0 Å². The molecule has 1 unspecified atom stereocenters. The van der Waals surface area contributed by atoms with Crippen LogP contribution in [0.3, 0.4) is 0 Å². The van der Waals surface area contributed by atoms with Crippen molar-refractivity contribution in [2.24, 2.45) is 5.92 Å². The summed E-state index contributed by atoms with van der Waals surface area (Å²) in [6, 6.07) is 21.5. The lowest BCUT2D eigenvalue weighted by Crippen LogP contribution is -2.52. The van der Waals surface area contributed by atoms with E-state index in [0.29, 0.717) is 6.61 Å². The summed E-state index contributed by atoms with van der Waals surface area (Å²) in [5, 5.41) is 0. The molecular formula is C26H36N2O. The summed E-state index contributed by atoms with van der Waals surface area (Å²) in [5.41, 5.74) is 2.54. The SMILES string of the molecule is CC1(OCc2ccccc2)CCCCN1CCC1CCN(c2ccccc2)CC1. The summed E-state index contributed by atoms with van der Waals surface area (Å²) in [6.45, 7) is 7.75. The van der Waals surface area contributed by atoms with Gasteiger partial charge in [-0.1, -0.05) is 48.5 Å². The van der Waals surface area contributed by atoms with Crippen LogP contribution in [0.2, 0.25) is 0 Å². The minimum Gasteiger partial charge on any atom is -0.372 e. The van der Waals surface area contributed by atoms with E-state index in [-0.39, 0.29) is 5.72 Å². The van der Waals surface area contributed by atoms with Gasteiger partial charge in [-0.2, -0.15) is 0 Å². The summed E-state index contributed by atoms with van der Waals surface area (Å²) in [6.07, 6.45) is 7.64. The van der Waals surface area contributed by atoms with Crippen molar-refractivity contribution < 1.29 is 4.74 Å². The summed E-state index contributed by atoms with van der Waals surface area (Å²) in [7, 11) is 0. The van der Waals surface area contributed by atoms with Crippen molar-refractivity contribution in [3.8, 4) is 0 Å². The molecule has 2 fully saturated rings. The van der Waals surface area contributed by atoms with Crippen LogP contribution in [0.1, 0.15) is 51.0 Å². The van der Waals surface area contributed by atoms with Crippen molar-refractivity contribution in [1.82, 2.24) is 4.90 Å². The van der Waals surface area contributed by atoms with Crippen LogP contribution in [-0.4, -0.2) is 36.8 Å². The molecule has 2 aliphatic rings. The standard InChI is InChI=1S/C26H36N2O/c1-26(29-22-24-10-4-2-5-11-24)17-8-9-18-28(26)21-16-23-14-19-27(20-15-23)25-12-6-3-7-13-25/h2-7,10-13,23H,8-9,14-22H2,1H3. The normalized spacial score (nSPS) is 24.0. The quantitative estimate of drug-likeness (QED) is 0.600. The predicted molar refractivity (Wildman–Crippen MR) is 121 cm³/mol. The highest BCUT2D eigenvalue weighted by Crippen LogP contribution is 2.32. The van der Waals surface area contributed by atoms with Crippen LogP contribution in [-0.2, 0) is 11.3 Å². The number of ether oxygens (including phenoxy) is 1. The summed E-state index contributed by atoms with van der Waals surface area (Å²) >= 11 is 0. The number of benzene rings is 2. The minimum absolute atomic E-state index is 0.112. The molecule has 0 saturated carbocycles. The van der Waals surface area contributed by atoms with Crippen molar-refractivity contribution in [2.45, 2.75) is 57.8 Å². The van der Waals surface area contributed by atoms with Gasteiger partial charge < -0.3 is 9.64 Å². The molecule has 1 atom stereocenters. The fourth-order valence-electron chi connectivity index (χ4n) is 4.93. The van der Waals surface area contributed by atoms with Gasteiger partial charge in [-0.3, -0.25) is 4.90 Å². The maximum absolute atomic E-state index is 6.50. The maximum atomic E-state index is 6.50. The number of nitrogens with zero attached hydrogens (tertiary/aromatic N) is 2. The zero-order chi connectivity index (χ0) is 19.9. The molecule has 3 nitrogen and oxygen atoms in total. The van der Waals surface area contributed by atoms with E-state index in [1.54, 1.807) is 0 Å². The number of hydrogen-bond acceptors (Lipinski definition) is 3. The second-order valence-corrected chi connectivity index (χ2v) is 8.95. The first-order valence-corrected chi connectivity index (χ1v) is 11.5. The monoisotopic (exact) mass is 392 g/mol. The van der Waals surface area contributed by atoms with E-state index >= 15 is 0 Å². The summed E-state index contributed by atoms with van der Waals surface area (Å²) in [5.74, 6) is 0.843. The van der Waals surface area contributed by atoms with E-state index in [9.17, 15) is 0 Å². The highest BCUT2D eigenvalue weighted by atomic mass is 16.5. The average Bonchev–Trinajstić information content (AvgIpc) is 2.79. The molecule has 2 heterocycles. The van der Waals surface area contributed by atoms with Gasteiger partial charge >= 0.3 is 0 Å². The van der Waals surface area contributed by atoms with E-state index in [4.69, 9.17) is 4.74 Å². The third-order valence-corrected chi connectivity index (χ3v) is 6.92. The molecule has 2 aromatic rings. The van der Waals surface area contributed by atoms with E-state index in [1.165, 1.54) is 69.5 Å². The second kappa shape index (κ2) is 9.77. The fourth-order valence-corrected chi connectivity index (χ4v) is 4.93. The van der Waals surface area contributed by atoms with Gasteiger partial charge in [-0.05, 0) is 69.1 Å². The first-order chi connectivity index (χ1) is 14.2. The number of para-hydroxylation sites is 1. The molecule has 29 heavy (non-hydrogen) atoms. The fraction of sp³-hybridized carbons (Fsp3) is 0.538. The van der Waals surface area contributed by atoms with Crippen molar-refractivity contribution >= 4 is 5.69 Å². The minimum atomic E-state index is -0.112. The van der Waals surface area contributed by atoms with Crippen LogP contribution in [0.25, 0.3) is 0 Å². The van der Waals surface area contributed by atoms with Crippen molar-refractivity contribution in [3.63, 3.8) is 0 Å². The first kappa shape index (κ1) is 20.4. The largest absolute Gasteiger partial charge is 0.372 e. The van der Waals surface area contributed by atoms with Crippen LogP contribution in [0, 0.1) is 5.92 Å². The smallest absolute Gasteiger partial charge is 0.119 e. The number of hydrogen-bond donors (Lipinski definition) is 0. The van der Waals surface area contributed by atoms with Crippen molar-refractivity contribution in [1.29, 1.82) is 0 Å². The average molecular weight is 393 g/mol. The molecule has 2 saturated heterocycles. The van der Waals surface area contributed by atoms with E-state index in [1.807, 2.05) is 0 Å². The second-order valence-electron chi connectivity index (χ2n) is 8.95. The van der Waals surface area contributed by atoms with Crippen LogP contribution in [0.4, 0.5) is 5.69 Å². The van der Waals surface area contributed by atoms with E-state index in [2.05, 4.69) is 77.4 Å². The number of likely N-dealkylation sites (tertiary alicyclic amines) is 1. The molecule has 2 aromatic carbocycles. The van der Waals surface area contributed by atoms with E-state index < -0.39 is 0 Å². The van der Waals surface area contributed by atoms with Gasteiger partial charge in [0.25, 0.3) is 0 Å². The summed E-state index contributed by atoms with van der Waals surface area (Å²) in [4.78, 5) is 5.17. The molecule has 0 bridgehead atoms. The number of anilines is 1. The predicted octanol–water partition coefficient (Wildman–Crippen LogP) is 5.71. The van der Waals surface area contributed by atoms with Gasteiger partial charge in [0.2, 0.25) is 0 Å². The Morgan fingerprint density at radius 2 is 1.59 bits per heavy atom. The molecule has 156 valence electrons. The molecule has 0 radical (unpaired) electrons. The van der Waals surface area contributed by atoms with Gasteiger partial charge in [0.1, 0.15) is 5.72 Å². The molecule has 0 aromatic heterocycles. The highest BCUT2D eigenvalue weighted by Gasteiger charge is 2.35. The first-order valence-electron chi connectivity index (χ1n) is 11.5. The topological polar surface area (TPSA) is 15.7 Å². The highest BCUT2D eigenvalue weighted by molar-refractivity contribution is 5.46. The van der Waals surface area contributed by atoms with E-state index in [0.717, 1.165) is 12.3 Å². The Labute approximate surface area is 176 Å². The molecule has 4 rings (SSSR count). The number of piperidine rings is 2. The Bertz CT molecular complexity index is 727. The van der Waals surface area contributed by atoms with Gasteiger partial charge in [0, 0.05) is 31.9 Å². The molecule has 2 aliphatic heterocycles. The summed E-state index contributed by atoms with van der Waals surface area (Å²) < 4.78 is 6.50. The lowest BCUT2D eigenvalue weighted by Gasteiger charge is -2.45. The Kier molecular flexibility index (Phi) is 6.89. The van der Waals surface area contributed by atoms with Crippen LogP contribution >= 0.6 is 0 Å². The van der Waals surface area contributed by atoms with Crippen molar-refractivity contribution in [2.75, 3.05) is 31.1 Å². The Hall–Kier alpha value is -1.84. The van der Waals surface area contributed by atoms with Gasteiger partial charge in [0.15, 0.2) is 0 Å². The third kappa shape index (κ3) is 5.40. The Morgan fingerprint density at radius 3 is 2.31 bits per heavy atom. The van der Waals surface area contributed by atoms with Gasteiger partial charge in [-0.25, -0.2) is 0 Å². The molecule has 0 aliphatic carbocycles. The molecule has 0 N–H and O–H groups in total.